The van der Waals surface area contributed by atoms with E-state index < -0.39 is 0 Å². The summed E-state index contributed by atoms with van der Waals surface area (Å²) in [6.45, 7) is 1.27. The Bertz CT molecular complexity index is 405. The molecule has 1 heterocycles. The van der Waals surface area contributed by atoms with Gasteiger partial charge in [-0.1, -0.05) is 12.2 Å². The van der Waals surface area contributed by atoms with Crippen molar-refractivity contribution in [2.45, 2.75) is 19.3 Å². The molecule has 0 radical (unpaired) electrons. The minimum absolute atomic E-state index is 0.145. The summed E-state index contributed by atoms with van der Waals surface area (Å²) in [5, 5.41) is 6.04. The second kappa shape index (κ2) is 6.74. The zero-order chi connectivity index (χ0) is 12.6. The van der Waals surface area contributed by atoms with E-state index in [1.54, 1.807) is 18.6 Å². The van der Waals surface area contributed by atoms with Crippen LogP contribution in [0, 0.1) is 5.92 Å². The number of allylic oxidation sites excluding steroid dienone is 2. The first kappa shape index (κ1) is 12.5. The predicted molar refractivity (Wildman–Crippen MR) is 70.0 cm³/mol. The van der Waals surface area contributed by atoms with E-state index in [1.807, 2.05) is 0 Å². The first-order chi connectivity index (χ1) is 8.86. The van der Waals surface area contributed by atoms with E-state index in [1.165, 1.54) is 0 Å². The third-order valence-electron chi connectivity index (χ3n) is 2.93. The predicted octanol–water partition coefficient (Wildman–Crippen LogP) is 1.36. The molecule has 0 aliphatic heterocycles. The maximum Gasteiger partial charge on any atom is 0.223 e. The summed E-state index contributed by atoms with van der Waals surface area (Å²) in [6, 6.07) is 0. The van der Waals surface area contributed by atoms with Crippen LogP contribution in [0.2, 0.25) is 0 Å². The molecule has 0 saturated heterocycles. The molecule has 1 aromatic rings. The van der Waals surface area contributed by atoms with Gasteiger partial charge in [0.25, 0.3) is 0 Å². The fourth-order valence-corrected chi connectivity index (χ4v) is 1.94. The maximum absolute atomic E-state index is 11.8. The summed E-state index contributed by atoms with van der Waals surface area (Å²) in [4.78, 5) is 19.9. The highest BCUT2D eigenvalue weighted by Crippen LogP contribution is 2.17. The van der Waals surface area contributed by atoms with Gasteiger partial charge in [-0.15, -0.1) is 0 Å². The van der Waals surface area contributed by atoms with Gasteiger partial charge in [-0.05, 0) is 19.3 Å². The standard InChI is InChI=1S/C13H18N4O/c18-13(11-4-2-1-3-5-11)17-9-8-16-12-10-14-6-7-15-12/h1-2,6-7,10-11H,3-5,8-9H2,(H,15,16)(H,17,18)/t11-/m1/s1. The Balaban J connectivity index is 1.63. The van der Waals surface area contributed by atoms with Gasteiger partial charge in [0, 0.05) is 31.4 Å². The molecule has 1 atom stereocenters. The number of aromatic nitrogens is 2. The van der Waals surface area contributed by atoms with Crippen LogP contribution in [0.25, 0.3) is 0 Å². The van der Waals surface area contributed by atoms with E-state index in [0.717, 1.165) is 25.1 Å². The van der Waals surface area contributed by atoms with E-state index in [0.29, 0.717) is 13.1 Å². The highest BCUT2D eigenvalue weighted by Gasteiger charge is 2.17. The molecule has 0 saturated carbocycles. The van der Waals surface area contributed by atoms with Crippen molar-refractivity contribution in [3.8, 4) is 0 Å². The highest BCUT2D eigenvalue weighted by molar-refractivity contribution is 5.78. The Hall–Kier alpha value is -1.91. The minimum Gasteiger partial charge on any atom is -0.367 e. The van der Waals surface area contributed by atoms with Crippen LogP contribution in [0.15, 0.2) is 30.7 Å². The number of amides is 1. The number of carbonyl (C=O) groups is 1. The Labute approximate surface area is 107 Å². The SMILES string of the molecule is O=C(NCCNc1cnccn1)[C@@H]1CC=CCC1. The van der Waals surface area contributed by atoms with Crippen molar-refractivity contribution in [1.29, 1.82) is 0 Å². The van der Waals surface area contributed by atoms with E-state index in [-0.39, 0.29) is 11.8 Å². The summed E-state index contributed by atoms with van der Waals surface area (Å²) >= 11 is 0. The molecule has 1 aromatic heterocycles. The van der Waals surface area contributed by atoms with Crippen molar-refractivity contribution < 1.29 is 4.79 Å². The topological polar surface area (TPSA) is 66.9 Å². The van der Waals surface area contributed by atoms with Gasteiger partial charge < -0.3 is 10.6 Å². The quantitative estimate of drug-likeness (QED) is 0.608. The lowest BCUT2D eigenvalue weighted by atomic mass is 9.94. The lowest BCUT2D eigenvalue weighted by Crippen LogP contribution is -2.34. The van der Waals surface area contributed by atoms with Crippen molar-refractivity contribution >= 4 is 11.7 Å². The van der Waals surface area contributed by atoms with Gasteiger partial charge >= 0.3 is 0 Å². The smallest absolute Gasteiger partial charge is 0.223 e. The number of hydrogen-bond acceptors (Lipinski definition) is 4. The first-order valence-corrected chi connectivity index (χ1v) is 6.29. The number of anilines is 1. The Morgan fingerprint density at radius 3 is 3.00 bits per heavy atom. The van der Waals surface area contributed by atoms with Crippen LogP contribution in [-0.2, 0) is 4.79 Å². The van der Waals surface area contributed by atoms with Crippen LogP contribution in [0.1, 0.15) is 19.3 Å². The van der Waals surface area contributed by atoms with Gasteiger partial charge in [0.1, 0.15) is 5.82 Å². The largest absolute Gasteiger partial charge is 0.367 e. The number of hydrogen-bond donors (Lipinski definition) is 2. The fraction of sp³-hybridized carbons (Fsp3) is 0.462. The molecule has 1 aliphatic rings. The number of rotatable bonds is 5. The summed E-state index contributed by atoms with van der Waals surface area (Å²) in [7, 11) is 0. The zero-order valence-corrected chi connectivity index (χ0v) is 10.3. The van der Waals surface area contributed by atoms with Crippen molar-refractivity contribution in [3.63, 3.8) is 0 Å². The average molecular weight is 246 g/mol. The maximum atomic E-state index is 11.8. The van der Waals surface area contributed by atoms with Crippen LogP contribution in [0.3, 0.4) is 0 Å². The van der Waals surface area contributed by atoms with Crippen LogP contribution in [0.4, 0.5) is 5.82 Å². The van der Waals surface area contributed by atoms with E-state index >= 15 is 0 Å². The number of nitrogens with zero attached hydrogens (tertiary/aromatic N) is 2. The Morgan fingerprint density at radius 1 is 1.33 bits per heavy atom. The molecule has 1 amide bonds. The lowest BCUT2D eigenvalue weighted by Gasteiger charge is -2.17. The van der Waals surface area contributed by atoms with Gasteiger partial charge in [-0.2, -0.15) is 0 Å². The molecule has 0 fully saturated rings. The van der Waals surface area contributed by atoms with Crippen molar-refractivity contribution in [2.75, 3.05) is 18.4 Å². The molecular weight excluding hydrogens is 228 g/mol. The van der Waals surface area contributed by atoms with Crippen LogP contribution in [0.5, 0.6) is 0 Å². The number of nitrogens with one attached hydrogen (secondary N) is 2. The minimum atomic E-state index is 0.145. The van der Waals surface area contributed by atoms with Crippen molar-refractivity contribution in [2.24, 2.45) is 5.92 Å². The zero-order valence-electron chi connectivity index (χ0n) is 10.3. The molecule has 0 unspecified atom stereocenters. The third kappa shape index (κ3) is 3.84. The Kier molecular flexibility index (Phi) is 4.69. The highest BCUT2D eigenvalue weighted by atomic mass is 16.1. The van der Waals surface area contributed by atoms with E-state index in [4.69, 9.17) is 0 Å². The number of carbonyl (C=O) groups excluding carboxylic acids is 1. The molecule has 96 valence electrons. The molecule has 5 heteroatoms. The van der Waals surface area contributed by atoms with Gasteiger partial charge in [0.05, 0.1) is 6.20 Å². The van der Waals surface area contributed by atoms with Gasteiger partial charge in [0.2, 0.25) is 5.91 Å². The molecule has 0 aromatic carbocycles. The van der Waals surface area contributed by atoms with E-state index in [9.17, 15) is 4.79 Å². The normalized spacial score (nSPS) is 18.3. The summed E-state index contributed by atoms with van der Waals surface area (Å²) in [5.41, 5.74) is 0. The van der Waals surface area contributed by atoms with E-state index in [2.05, 4.69) is 32.8 Å². The molecule has 2 rings (SSSR count). The summed E-state index contributed by atoms with van der Waals surface area (Å²) < 4.78 is 0. The molecule has 18 heavy (non-hydrogen) atoms. The monoisotopic (exact) mass is 246 g/mol. The second-order valence-electron chi connectivity index (χ2n) is 4.29. The lowest BCUT2D eigenvalue weighted by molar-refractivity contribution is -0.125. The van der Waals surface area contributed by atoms with Gasteiger partial charge in [0.15, 0.2) is 0 Å². The molecule has 5 nitrogen and oxygen atoms in total. The molecule has 1 aliphatic carbocycles. The molecule has 0 spiro atoms. The van der Waals surface area contributed by atoms with Gasteiger partial charge in [-0.3, -0.25) is 9.78 Å². The average Bonchev–Trinajstić information content (AvgIpc) is 2.45. The first-order valence-electron chi connectivity index (χ1n) is 6.29. The van der Waals surface area contributed by atoms with Gasteiger partial charge in [-0.25, -0.2) is 4.98 Å². The molecule has 0 bridgehead atoms. The van der Waals surface area contributed by atoms with Crippen LogP contribution in [-0.4, -0.2) is 29.0 Å². The molecule has 2 N–H and O–H groups in total. The summed E-state index contributed by atoms with van der Waals surface area (Å²) in [6.07, 6.45) is 12.0. The second-order valence-corrected chi connectivity index (χ2v) is 4.29. The Morgan fingerprint density at radius 2 is 2.28 bits per heavy atom. The summed E-state index contributed by atoms with van der Waals surface area (Å²) in [5.74, 6) is 1.03. The molecular formula is C13H18N4O. The fourth-order valence-electron chi connectivity index (χ4n) is 1.94. The van der Waals surface area contributed by atoms with Crippen LogP contribution < -0.4 is 10.6 Å². The van der Waals surface area contributed by atoms with Crippen molar-refractivity contribution in [3.05, 3.63) is 30.7 Å². The van der Waals surface area contributed by atoms with Crippen LogP contribution >= 0.6 is 0 Å². The third-order valence-corrected chi connectivity index (χ3v) is 2.93. The van der Waals surface area contributed by atoms with Crippen molar-refractivity contribution in [1.82, 2.24) is 15.3 Å².